The zero-order valence-corrected chi connectivity index (χ0v) is 7.97. The van der Waals surface area contributed by atoms with E-state index in [2.05, 4.69) is 30.4 Å². The Morgan fingerprint density at radius 3 is 3.23 bits per heavy atom. The first-order chi connectivity index (χ1) is 6.42. The third kappa shape index (κ3) is 1.68. The van der Waals surface area contributed by atoms with E-state index in [4.69, 9.17) is 4.74 Å². The summed E-state index contributed by atoms with van der Waals surface area (Å²) in [5, 5.41) is 3.31. The topological polar surface area (TPSA) is 21.3 Å². The Bertz CT molecular complexity index is 296. The van der Waals surface area contributed by atoms with Crippen LogP contribution >= 0.6 is 0 Å². The van der Waals surface area contributed by atoms with Gasteiger partial charge in [-0.05, 0) is 12.1 Å². The van der Waals surface area contributed by atoms with Gasteiger partial charge < -0.3 is 10.1 Å². The van der Waals surface area contributed by atoms with Gasteiger partial charge >= 0.3 is 0 Å². The molecule has 2 rings (SSSR count). The second-order valence-corrected chi connectivity index (χ2v) is 3.28. The van der Waals surface area contributed by atoms with Gasteiger partial charge in [0.25, 0.3) is 0 Å². The van der Waals surface area contributed by atoms with Gasteiger partial charge in [0.05, 0.1) is 6.61 Å². The van der Waals surface area contributed by atoms with E-state index >= 15 is 0 Å². The summed E-state index contributed by atoms with van der Waals surface area (Å²) >= 11 is 0. The lowest BCUT2D eigenvalue weighted by Gasteiger charge is -2.07. The molecule has 0 atom stereocenters. The first-order valence-electron chi connectivity index (χ1n) is 4.86. The summed E-state index contributed by atoms with van der Waals surface area (Å²) in [5.41, 5.74) is 2.65. The van der Waals surface area contributed by atoms with E-state index in [1.54, 1.807) is 0 Å². The number of rotatable bonds is 3. The minimum atomic E-state index is 0.846. The first-order valence-corrected chi connectivity index (χ1v) is 4.86. The average molecular weight is 177 g/mol. The second kappa shape index (κ2) is 3.79. The Hall–Kier alpha value is -1.02. The fourth-order valence-corrected chi connectivity index (χ4v) is 1.68. The van der Waals surface area contributed by atoms with Gasteiger partial charge in [0.15, 0.2) is 0 Å². The maximum atomic E-state index is 5.59. The number of nitrogens with one attached hydrogen (secondary N) is 1. The molecule has 2 heteroatoms. The molecule has 0 aromatic heterocycles. The minimum absolute atomic E-state index is 0.846. The molecule has 1 aliphatic heterocycles. The molecule has 70 valence electrons. The van der Waals surface area contributed by atoms with Gasteiger partial charge in [-0.15, -0.1) is 0 Å². The maximum Gasteiger partial charge on any atom is 0.127 e. The predicted molar refractivity (Wildman–Crippen MR) is 53.0 cm³/mol. The summed E-state index contributed by atoms with van der Waals surface area (Å²) in [6.07, 6.45) is 1.06. The number of fused-ring (bicyclic) bond motifs is 1. The minimum Gasteiger partial charge on any atom is -0.493 e. The molecular formula is C11H15NO. The largest absolute Gasteiger partial charge is 0.493 e. The molecule has 0 spiro atoms. The highest BCUT2D eigenvalue weighted by Crippen LogP contribution is 2.28. The number of hydrogen-bond donors (Lipinski definition) is 1. The lowest BCUT2D eigenvalue weighted by Crippen LogP contribution is -2.12. The fourth-order valence-electron chi connectivity index (χ4n) is 1.68. The Balaban J connectivity index is 2.20. The highest BCUT2D eigenvalue weighted by atomic mass is 16.5. The molecule has 0 saturated carbocycles. The number of para-hydroxylation sites is 1. The summed E-state index contributed by atoms with van der Waals surface area (Å²) in [7, 11) is 0. The van der Waals surface area contributed by atoms with Crippen molar-refractivity contribution in [3.05, 3.63) is 29.3 Å². The van der Waals surface area contributed by atoms with Gasteiger partial charge in [0.2, 0.25) is 0 Å². The van der Waals surface area contributed by atoms with E-state index in [9.17, 15) is 0 Å². The lowest BCUT2D eigenvalue weighted by molar-refractivity contribution is 0.352. The summed E-state index contributed by atoms with van der Waals surface area (Å²) in [6.45, 7) is 4.88. The molecule has 0 fully saturated rings. The van der Waals surface area contributed by atoms with Gasteiger partial charge in [-0.2, -0.15) is 0 Å². The van der Waals surface area contributed by atoms with Crippen LogP contribution in [0.15, 0.2) is 18.2 Å². The van der Waals surface area contributed by atoms with Crippen molar-refractivity contribution in [2.24, 2.45) is 0 Å². The monoisotopic (exact) mass is 177 g/mol. The summed E-state index contributed by atoms with van der Waals surface area (Å²) in [5.74, 6) is 1.11. The van der Waals surface area contributed by atoms with Gasteiger partial charge in [-0.3, -0.25) is 0 Å². The summed E-state index contributed by atoms with van der Waals surface area (Å²) in [4.78, 5) is 0. The van der Waals surface area contributed by atoms with Crippen molar-refractivity contribution in [3.8, 4) is 5.75 Å². The van der Waals surface area contributed by atoms with Crippen molar-refractivity contribution in [1.29, 1.82) is 0 Å². The molecule has 1 aromatic rings. The maximum absolute atomic E-state index is 5.59. The highest BCUT2D eigenvalue weighted by Gasteiger charge is 2.14. The molecule has 0 unspecified atom stereocenters. The molecule has 0 amide bonds. The van der Waals surface area contributed by atoms with Gasteiger partial charge in [-0.1, -0.05) is 25.1 Å². The zero-order valence-electron chi connectivity index (χ0n) is 7.97. The predicted octanol–water partition coefficient (Wildman–Crippen LogP) is 1.73. The molecule has 0 saturated heterocycles. The molecule has 0 aliphatic carbocycles. The van der Waals surface area contributed by atoms with Crippen LogP contribution in [0.25, 0.3) is 0 Å². The van der Waals surface area contributed by atoms with Crippen LogP contribution in [0.2, 0.25) is 0 Å². The van der Waals surface area contributed by atoms with Gasteiger partial charge in [0.1, 0.15) is 5.75 Å². The van der Waals surface area contributed by atoms with Crippen LogP contribution in [0.3, 0.4) is 0 Å². The second-order valence-electron chi connectivity index (χ2n) is 3.28. The molecule has 13 heavy (non-hydrogen) atoms. The van der Waals surface area contributed by atoms with Crippen molar-refractivity contribution in [3.63, 3.8) is 0 Å². The number of ether oxygens (including phenoxy) is 1. The first kappa shape index (κ1) is 8.57. The third-order valence-electron chi connectivity index (χ3n) is 2.36. The Morgan fingerprint density at radius 1 is 1.46 bits per heavy atom. The average Bonchev–Trinajstić information content (AvgIpc) is 2.62. The van der Waals surface area contributed by atoms with E-state index < -0.39 is 0 Å². The molecular weight excluding hydrogens is 162 g/mol. The van der Waals surface area contributed by atoms with Crippen LogP contribution in [0.1, 0.15) is 18.1 Å². The van der Waals surface area contributed by atoms with Crippen LogP contribution < -0.4 is 10.1 Å². The van der Waals surface area contributed by atoms with E-state index in [1.165, 1.54) is 11.1 Å². The molecule has 1 aliphatic rings. The zero-order chi connectivity index (χ0) is 9.10. The molecule has 2 nitrogen and oxygen atoms in total. The van der Waals surface area contributed by atoms with Crippen LogP contribution in [0.5, 0.6) is 5.75 Å². The normalized spacial score (nSPS) is 13.9. The van der Waals surface area contributed by atoms with Crippen molar-refractivity contribution >= 4 is 0 Å². The smallest absolute Gasteiger partial charge is 0.127 e. The van der Waals surface area contributed by atoms with Crippen LogP contribution in [0.4, 0.5) is 0 Å². The van der Waals surface area contributed by atoms with E-state index in [-0.39, 0.29) is 0 Å². The van der Waals surface area contributed by atoms with E-state index in [0.29, 0.717) is 0 Å². The van der Waals surface area contributed by atoms with Crippen molar-refractivity contribution in [2.45, 2.75) is 19.9 Å². The molecule has 0 radical (unpaired) electrons. The Morgan fingerprint density at radius 2 is 2.38 bits per heavy atom. The van der Waals surface area contributed by atoms with E-state index in [1.807, 2.05) is 0 Å². The Labute approximate surface area is 78.9 Å². The van der Waals surface area contributed by atoms with Crippen LogP contribution in [-0.2, 0) is 13.0 Å². The molecule has 1 heterocycles. The highest BCUT2D eigenvalue weighted by molar-refractivity contribution is 5.43. The number of hydrogen-bond acceptors (Lipinski definition) is 2. The third-order valence-corrected chi connectivity index (χ3v) is 2.36. The fraction of sp³-hybridized carbons (Fsp3) is 0.455. The van der Waals surface area contributed by atoms with Crippen molar-refractivity contribution in [2.75, 3.05) is 13.2 Å². The SMILES string of the molecule is CCNCc1cccc2c1OCC2. The quantitative estimate of drug-likeness (QED) is 0.759. The molecule has 1 N–H and O–H groups in total. The van der Waals surface area contributed by atoms with Crippen molar-refractivity contribution < 1.29 is 4.74 Å². The number of benzene rings is 1. The summed E-state index contributed by atoms with van der Waals surface area (Å²) in [6, 6.07) is 6.39. The van der Waals surface area contributed by atoms with Crippen LogP contribution in [0, 0.1) is 0 Å². The standard InChI is InChI=1S/C11H15NO/c1-2-12-8-10-5-3-4-9-6-7-13-11(9)10/h3-5,12H,2,6-8H2,1H3. The van der Waals surface area contributed by atoms with E-state index in [0.717, 1.165) is 31.9 Å². The molecule has 1 aromatic carbocycles. The lowest BCUT2D eigenvalue weighted by atomic mass is 10.1. The summed E-state index contributed by atoms with van der Waals surface area (Å²) < 4.78 is 5.59. The van der Waals surface area contributed by atoms with Crippen molar-refractivity contribution in [1.82, 2.24) is 5.32 Å². The van der Waals surface area contributed by atoms with Gasteiger partial charge in [0, 0.05) is 18.5 Å². The van der Waals surface area contributed by atoms with Gasteiger partial charge in [-0.25, -0.2) is 0 Å². The Kier molecular flexibility index (Phi) is 2.50. The molecule has 0 bridgehead atoms. The van der Waals surface area contributed by atoms with Crippen LogP contribution in [-0.4, -0.2) is 13.2 Å².